The zero-order valence-electron chi connectivity index (χ0n) is 11.3. The molecule has 0 aromatic heterocycles. The molecule has 1 aromatic carbocycles. The Morgan fingerprint density at radius 3 is 2.63 bits per heavy atom. The van der Waals surface area contributed by atoms with E-state index in [4.69, 9.17) is 4.74 Å². The van der Waals surface area contributed by atoms with E-state index in [9.17, 15) is 14.3 Å². The minimum atomic E-state index is -0.819. The lowest BCUT2D eigenvalue weighted by Crippen LogP contribution is -2.42. The molecule has 1 N–H and O–H groups in total. The standard InChI is InChI=1S/C15H19FO3/c1-10-12(4-3-5-13(10)16)15(14(18)19-2)8-6-11(17)7-9-15/h3-5,11,17H,6-9H2,1-2H3/t11-,15+. The minimum absolute atomic E-state index is 0.313. The molecule has 0 radical (unpaired) electrons. The van der Waals surface area contributed by atoms with Crippen LogP contribution in [-0.2, 0) is 14.9 Å². The highest BCUT2D eigenvalue weighted by molar-refractivity contribution is 5.83. The number of hydrogen-bond acceptors (Lipinski definition) is 3. The molecule has 1 fully saturated rings. The number of benzene rings is 1. The Morgan fingerprint density at radius 1 is 1.42 bits per heavy atom. The molecule has 0 unspecified atom stereocenters. The molecule has 1 aliphatic carbocycles. The van der Waals surface area contributed by atoms with E-state index in [0.717, 1.165) is 0 Å². The summed E-state index contributed by atoms with van der Waals surface area (Å²) in [5, 5.41) is 9.64. The van der Waals surface area contributed by atoms with Gasteiger partial charge in [0.1, 0.15) is 5.82 Å². The Bertz CT molecular complexity index is 476. The Balaban J connectivity index is 2.49. The van der Waals surface area contributed by atoms with Crippen LogP contribution in [0.4, 0.5) is 4.39 Å². The maximum absolute atomic E-state index is 13.7. The molecular weight excluding hydrogens is 247 g/mol. The Kier molecular flexibility index (Phi) is 3.90. The van der Waals surface area contributed by atoms with Gasteiger partial charge in [-0.15, -0.1) is 0 Å². The van der Waals surface area contributed by atoms with Crippen LogP contribution in [0.3, 0.4) is 0 Å². The molecule has 19 heavy (non-hydrogen) atoms. The number of hydrogen-bond donors (Lipinski definition) is 1. The topological polar surface area (TPSA) is 46.5 Å². The number of aliphatic hydroxyl groups excluding tert-OH is 1. The van der Waals surface area contributed by atoms with Crippen molar-refractivity contribution in [2.24, 2.45) is 0 Å². The van der Waals surface area contributed by atoms with E-state index in [0.29, 0.717) is 36.8 Å². The third kappa shape index (κ3) is 2.37. The molecule has 0 spiro atoms. The first-order chi connectivity index (χ1) is 9.01. The van der Waals surface area contributed by atoms with Crippen LogP contribution in [0.5, 0.6) is 0 Å². The van der Waals surface area contributed by atoms with E-state index in [1.807, 2.05) is 0 Å². The van der Waals surface area contributed by atoms with E-state index in [-0.39, 0.29) is 17.9 Å². The number of ether oxygens (including phenoxy) is 1. The maximum Gasteiger partial charge on any atom is 0.316 e. The van der Waals surface area contributed by atoms with Gasteiger partial charge in [-0.25, -0.2) is 4.39 Å². The summed E-state index contributed by atoms with van der Waals surface area (Å²) < 4.78 is 18.7. The van der Waals surface area contributed by atoms with Gasteiger partial charge < -0.3 is 9.84 Å². The SMILES string of the molecule is COC(=O)[C@]1(c2cccc(F)c2C)CC[C@H](O)CC1. The fourth-order valence-electron chi connectivity index (χ4n) is 3.00. The zero-order valence-corrected chi connectivity index (χ0v) is 11.3. The monoisotopic (exact) mass is 266 g/mol. The van der Waals surface area contributed by atoms with Crippen LogP contribution in [0.1, 0.15) is 36.8 Å². The van der Waals surface area contributed by atoms with Gasteiger partial charge in [-0.05, 0) is 49.8 Å². The molecule has 4 heteroatoms. The number of carbonyl (C=O) groups is 1. The van der Waals surface area contributed by atoms with E-state index in [2.05, 4.69) is 0 Å². The highest BCUT2D eigenvalue weighted by Crippen LogP contribution is 2.42. The summed E-state index contributed by atoms with van der Waals surface area (Å²) in [4.78, 5) is 12.2. The van der Waals surface area contributed by atoms with Crippen molar-refractivity contribution in [1.29, 1.82) is 0 Å². The van der Waals surface area contributed by atoms with Crippen LogP contribution in [-0.4, -0.2) is 24.3 Å². The molecule has 0 heterocycles. The van der Waals surface area contributed by atoms with E-state index >= 15 is 0 Å². The Morgan fingerprint density at radius 2 is 2.05 bits per heavy atom. The van der Waals surface area contributed by atoms with Crippen molar-refractivity contribution < 1.29 is 19.0 Å². The lowest BCUT2D eigenvalue weighted by molar-refractivity contribution is -0.150. The van der Waals surface area contributed by atoms with Gasteiger partial charge in [0.05, 0.1) is 18.6 Å². The first kappa shape index (κ1) is 14.0. The van der Waals surface area contributed by atoms with Crippen molar-refractivity contribution in [3.8, 4) is 0 Å². The van der Waals surface area contributed by atoms with Gasteiger partial charge in [-0.1, -0.05) is 12.1 Å². The predicted molar refractivity (Wildman–Crippen MR) is 69.3 cm³/mol. The molecule has 1 aromatic rings. The molecule has 3 nitrogen and oxygen atoms in total. The van der Waals surface area contributed by atoms with Gasteiger partial charge in [-0.2, -0.15) is 0 Å². The maximum atomic E-state index is 13.7. The largest absolute Gasteiger partial charge is 0.468 e. The molecule has 1 aliphatic rings. The zero-order chi connectivity index (χ0) is 14.0. The first-order valence-electron chi connectivity index (χ1n) is 6.53. The van der Waals surface area contributed by atoms with Crippen molar-refractivity contribution in [2.45, 2.75) is 44.1 Å². The van der Waals surface area contributed by atoms with Crippen molar-refractivity contribution in [1.82, 2.24) is 0 Å². The van der Waals surface area contributed by atoms with Gasteiger partial charge in [0, 0.05) is 0 Å². The van der Waals surface area contributed by atoms with Gasteiger partial charge in [0.25, 0.3) is 0 Å². The molecule has 0 amide bonds. The van der Waals surface area contributed by atoms with Crippen molar-refractivity contribution in [3.63, 3.8) is 0 Å². The second-order valence-corrected chi connectivity index (χ2v) is 5.22. The van der Waals surface area contributed by atoms with Gasteiger partial charge in [0.2, 0.25) is 0 Å². The molecule has 2 rings (SSSR count). The summed E-state index contributed by atoms with van der Waals surface area (Å²) in [6.45, 7) is 1.68. The number of esters is 1. The van der Waals surface area contributed by atoms with Gasteiger partial charge >= 0.3 is 5.97 Å². The minimum Gasteiger partial charge on any atom is -0.468 e. The smallest absolute Gasteiger partial charge is 0.316 e. The average Bonchev–Trinajstić information content (AvgIpc) is 2.42. The predicted octanol–water partition coefficient (Wildman–Crippen LogP) is 2.48. The summed E-state index contributed by atoms with van der Waals surface area (Å²) in [6.07, 6.45) is 1.67. The first-order valence-corrected chi connectivity index (χ1v) is 6.53. The average molecular weight is 266 g/mol. The second-order valence-electron chi connectivity index (χ2n) is 5.22. The number of aliphatic hydroxyl groups is 1. The summed E-state index contributed by atoms with van der Waals surface area (Å²) in [7, 11) is 1.35. The summed E-state index contributed by atoms with van der Waals surface area (Å²) in [5.74, 6) is -0.653. The van der Waals surface area contributed by atoms with Crippen LogP contribution in [0.2, 0.25) is 0 Å². The quantitative estimate of drug-likeness (QED) is 0.836. The molecule has 0 saturated heterocycles. The molecule has 1 saturated carbocycles. The number of rotatable bonds is 2. The molecule has 0 aliphatic heterocycles. The van der Waals surface area contributed by atoms with E-state index in [1.54, 1.807) is 19.1 Å². The lowest BCUT2D eigenvalue weighted by atomic mass is 9.67. The lowest BCUT2D eigenvalue weighted by Gasteiger charge is -2.37. The van der Waals surface area contributed by atoms with Gasteiger partial charge in [-0.3, -0.25) is 4.79 Å². The summed E-state index contributed by atoms with van der Waals surface area (Å²) in [5.41, 5.74) is 0.357. The fourth-order valence-corrected chi connectivity index (χ4v) is 3.00. The third-order valence-corrected chi connectivity index (χ3v) is 4.17. The highest BCUT2D eigenvalue weighted by atomic mass is 19.1. The van der Waals surface area contributed by atoms with Gasteiger partial charge in [0.15, 0.2) is 0 Å². The van der Waals surface area contributed by atoms with Crippen molar-refractivity contribution in [2.75, 3.05) is 7.11 Å². The summed E-state index contributed by atoms with van der Waals surface area (Å²) >= 11 is 0. The Labute approximate surface area is 112 Å². The molecular formula is C15H19FO3. The van der Waals surface area contributed by atoms with Crippen molar-refractivity contribution in [3.05, 3.63) is 35.1 Å². The second kappa shape index (κ2) is 5.29. The Hall–Kier alpha value is -1.42. The summed E-state index contributed by atoms with van der Waals surface area (Å²) in [6, 6.07) is 4.79. The van der Waals surface area contributed by atoms with Crippen LogP contribution in [0.15, 0.2) is 18.2 Å². The molecule has 0 bridgehead atoms. The van der Waals surface area contributed by atoms with Crippen molar-refractivity contribution >= 4 is 5.97 Å². The number of carbonyl (C=O) groups excluding carboxylic acids is 1. The number of methoxy groups -OCH3 is 1. The number of halogens is 1. The van der Waals surface area contributed by atoms with Crippen LogP contribution < -0.4 is 0 Å². The van der Waals surface area contributed by atoms with Crippen LogP contribution in [0.25, 0.3) is 0 Å². The van der Waals surface area contributed by atoms with Crippen LogP contribution >= 0.6 is 0 Å². The highest BCUT2D eigenvalue weighted by Gasteiger charge is 2.45. The van der Waals surface area contributed by atoms with E-state index in [1.165, 1.54) is 13.2 Å². The van der Waals surface area contributed by atoms with E-state index < -0.39 is 5.41 Å². The molecule has 104 valence electrons. The fraction of sp³-hybridized carbons (Fsp3) is 0.533. The molecule has 0 atom stereocenters. The van der Waals surface area contributed by atoms with Crippen LogP contribution in [0, 0.1) is 12.7 Å². The normalized spacial score (nSPS) is 27.1. The third-order valence-electron chi connectivity index (χ3n) is 4.17.